The minimum Gasteiger partial charge on any atom is -0.480 e. The first-order valence-corrected chi connectivity index (χ1v) is 6.15. The highest BCUT2D eigenvalue weighted by Gasteiger charge is 2.20. The monoisotopic (exact) mass is 238 g/mol. The molecule has 4 nitrogen and oxygen atoms in total. The van der Waals surface area contributed by atoms with Crippen LogP contribution in [0.3, 0.4) is 0 Å². The van der Waals surface area contributed by atoms with Crippen molar-refractivity contribution in [3.8, 4) is 0 Å². The number of nitrogens with zero attached hydrogens (tertiary/aromatic N) is 1. The second-order valence-electron chi connectivity index (χ2n) is 4.70. The third-order valence-electron chi connectivity index (χ3n) is 2.75. The summed E-state index contributed by atoms with van der Waals surface area (Å²) in [5.74, 6) is -0.696. The van der Waals surface area contributed by atoms with E-state index in [-0.39, 0.29) is 5.92 Å². The number of rotatable bonds is 7. The summed E-state index contributed by atoms with van der Waals surface area (Å²) in [6.45, 7) is 7.57. The van der Waals surface area contributed by atoms with Crippen molar-refractivity contribution in [1.82, 2.24) is 9.88 Å². The van der Waals surface area contributed by atoms with E-state index in [2.05, 4.69) is 23.0 Å². The van der Waals surface area contributed by atoms with Crippen LogP contribution in [0.1, 0.15) is 32.8 Å². The molecule has 0 amide bonds. The van der Waals surface area contributed by atoms with Crippen LogP contribution in [0.25, 0.3) is 0 Å². The molecule has 0 aliphatic heterocycles. The van der Waals surface area contributed by atoms with Gasteiger partial charge in [0.25, 0.3) is 0 Å². The first-order chi connectivity index (χ1) is 8.04. The Morgan fingerprint density at radius 3 is 2.76 bits per heavy atom. The highest BCUT2D eigenvalue weighted by molar-refractivity contribution is 5.73. The van der Waals surface area contributed by atoms with Crippen LogP contribution in [0.4, 0.5) is 0 Å². The van der Waals surface area contributed by atoms with Crippen LogP contribution in [0, 0.1) is 5.92 Å². The number of carboxylic acid groups (broad SMARTS) is 1. The van der Waals surface area contributed by atoms with Crippen LogP contribution in [0.2, 0.25) is 0 Å². The summed E-state index contributed by atoms with van der Waals surface area (Å²) in [6.07, 6.45) is 5.20. The van der Waals surface area contributed by atoms with E-state index in [4.69, 9.17) is 5.11 Å². The molecule has 0 radical (unpaired) electrons. The predicted octanol–water partition coefficient (Wildman–Crippen LogP) is 2.10. The Balaban J connectivity index is 2.50. The van der Waals surface area contributed by atoms with Gasteiger partial charge in [0.05, 0.1) is 0 Å². The summed E-state index contributed by atoms with van der Waals surface area (Å²) in [4.78, 5) is 11.0. The quantitative estimate of drug-likeness (QED) is 0.765. The minimum atomic E-state index is -0.784. The number of aryl methyl sites for hydroxylation is 1. The van der Waals surface area contributed by atoms with Crippen molar-refractivity contribution in [2.75, 3.05) is 0 Å². The molecule has 0 saturated carbocycles. The maximum Gasteiger partial charge on any atom is 0.320 e. The van der Waals surface area contributed by atoms with Gasteiger partial charge < -0.3 is 15.0 Å². The Labute approximate surface area is 103 Å². The zero-order valence-corrected chi connectivity index (χ0v) is 10.8. The zero-order valence-electron chi connectivity index (χ0n) is 10.8. The SMILES string of the molecule is CCCn1ccc(CNC(C(=O)O)C(C)C)c1. The molecule has 17 heavy (non-hydrogen) atoms. The fraction of sp³-hybridized carbons (Fsp3) is 0.615. The van der Waals surface area contributed by atoms with Crippen molar-refractivity contribution in [3.05, 3.63) is 24.0 Å². The Morgan fingerprint density at radius 2 is 2.24 bits per heavy atom. The third kappa shape index (κ3) is 4.23. The molecular formula is C13H22N2O2. The summed E-state index contributed by atoms with van der Waals surface area (Å²) < 4.78 is 2.13. The number of hydrogen-bond donors (Lipinski definition) is 2. The van der Waals surface area contributed by atoms with Gasteiger partial charge in [0.15, 0.2) is 0 Å². The molecule has 2 N–H and O–H groups in total. The molecule has 1 heterocycles. The average molecular weight is 238 g/mol. The molecule has 0 fully saturated rings. The maximum atomic E-state index is 11.0. The molecular weight excluding hydrogens is 216 g/mol. The van der Waals surface area contributed by atoms with Crippen molar-refractivity contribution in [1.29, 1.82) is 0 Å². The van der Waals surface area contributed by atoms with Crippen LogP contribution in [0.15, 0.2) is 18.5 Å². The lowest BCUT2D eigenvalue weighted by Crippen LogP contribution is -2.40. The fourth-order valence-electron chi connectivity index (χ4n) is 1.83. The lowest BCUT2D eigenvalue weighted by atomic mass is 10.0. The second-order valence-corrected chi connectivity index (χ2v) is 4.70. The molecule has 4 heteroatoms. The molecule has 1 atom stereocenters. The molecule has 0 spiro atoms. The first-order valence-electron chi connectivity index (χ1n) is 6.15. The van der Waals surface area contributed by atoms with Crippen molar-refractivity contribution in [3.63, 3.8) is 0 Å². The van der Waals surface area contributed by atoms with Crippen LogP contribution in [-0.4, -0.2) is 21.7 Å². The Hall–Kier alpha value is -1.29. The van der Waals surface area contributed by atoms with Gasteiger partial charge in [-0.05, 0) is 24.0 Å². The molecule has 0 aliphatic carbocycles. The van der Waals surface area contributed by atoms with E-state index >= 15 is 0 Å². The third-order valence-corrected chi connectivity index (χ3v) is 2.75. The van der Waals surface area contributed by atoms with Gasteiger partial charge in [0.2, 0.25) is 0 Å². The van der Waals surface area contributed by atoms with Gasteiger partial charge >= 0.3 is 5.97 Å². The minimum absolute atomic E-state index is 0.0882. The summed E-state index contributed by atoms with van der Waals surface area (Å²) >= 11 is 0. The largest absolute Gasteiger partial charge is 0.480 e. The van der Waals surface area contributed by atoms with E-state index in [1.54, 1.807) is 0 Å². The summed E-state index contributed by atoms with van der Waals surface area (Å²) in [6, 6.07) is 1.55. The number of carboxylic acids is 1. The Bertz CT molecular complexity index is 358. The van der Waals surface area contributed by atoms with E-state index in [9.17, 15) is 4.79 Å². The van der Waals surface area contributed by atoms with Crippen LogP contribution in [0.5, 0.6) is 0 Å². The molecule has 0 saturated heterocycles. The summed E-state index contributed by atoms with van der Waals surface area (Å²) in [7, 11) is 0. The van der Waals surface area contributed by atoms with Crippen LogP contribution in [-0.2, 0) is 17.9 Å². The van der Waals surface area contributed by atoms with Gasteiger partial charge in [-0.25, -0.2) is 0 Å². The number of nitrogens with one attached hydrogen (secondary N) is 1. The number of hydrogen-bond acceptors (Lipinski definition) is 2. The highest BCUT2D eigenvalue weighted by Crippen LogP contribution is 2.06. The molecule has 1 aromatic rings. The molecule has 1 unspecified atom stereocenters. The predicted molar refractivity (Wildman–Crippen MR) is 67.8 cm³/mol. The zero-order chi connectivity index (χ0) is 12.8. The fourth-order valence-corrected chi connectivity index (χ4v) is 1.83. The molecule has 1 aromatic heterocycles. The van der Waals surface area contributed by atoms with Gasteiger partial charge in [-0.1, -0.05) is 20.8 Å². The second kappa shape index (κ2) is 6.45. The Kier molecular flexibility index (Phi) is 5.22. The lowest BCUT2D eigenvalue weighted by molar-refractivity contribution is -0.140. The normalized spacial score (nSPS) is 12.9. The molecule has 0 aliphatic rings. The van der Waals surface area contributed by atoms with Crippen LogP contribution < -0.4 is 5.32 Å². The van der Waals surface area contributed by atoms with Crippen molar-refractivity contribution in [2.24, 2.45) is 5.92 Å². The van der Waals surface area contributed by atoms with Crippen molar-refractivity contribution >= 4 is 5.97 Å². The molecule has 0 aromatic carbocycles. The summed E-state index contributed by atoms with van der Waals surface area (Å²) in [5.41, 5.74) is 1.13. The van der Waals surface area contributed by atoms with Gasteiger partial charge in [0.1, 0.15) is 6.04 Å². The van der Waals surface area contributed by atoms with E-state index in [1.807, 2.05) is 26.1 Å². The van der Waals surface area contributed by atoms with E-state index < -0.39 is 12.0 Å². The van der Waals surface area contributed by atoms with Crippen molar-refractivity contribution in [2.45, 2.75) is 46.3 Å². The van der Waals surface area contributed by atoms with Crippen molar-refractivity contribution < 1.29 is 9.90 Å². The maximum absolute atomic E-state index is 11.0. The molecule has 1 rings (SSSR count). The number of carbonyl (C=O) groups is 1. The Morgan fingerprint density at radius 1 is 1.53 bits per heavy atom. The van der Waals surface area contributed by atoms with Crippen LogP contribution >= 0.6 is 0 Å². The number of aromatic nitrogens is 1. The standard InChI is InChI=1S/C13H22N2O2/c1-4-6-15-7-5-11(9-15)8-14-12(10(2)3)13(16)17/h5,7,9-10,12,14H,4,6,8H2,1-3H3,(H,16,17). The van der Waals surface area contributed by atoms with Gasteiger partial charge in [0, 0.05) is 25.5 Å². The van der Waals surface area contributed by atoms with E-state index in [1.165, 1.54) is 0 Å². The van der Waals surface area contributed by atoms with E-state index in [0.717, 1.165) is 18.5 Å². The first kappa shape index (κ1) is 13.8. The average Bonchev–Trinajstić information content (AvgIpc) is 2.65. The van der Waals surface area contributed by atoms with Gasteiger partial charge in [-0.3, -0.25) is 4.79 Å². The molecule has 96 valence electrons. The number of aliphatic carboxylic acids is 1. The lowest BCUT2D eigenvalue weighted by Gasteiger charge is -2.17. The summed E-state index contributed by atoms with van der Waals surface area (Å²) in [5, 5.41) is 12.1. The smallest absolute Gasteiger partial charge is 0.320 e. The highest BCUT2D eigenvalue weighted by atomic mass is 16.4. The van der Waals surface area contributed by atoms with E-state index in [0.29, 0.717) is 6.54 Å². The van der Waals surface area contributed by atoms with Gasteiger partial charge in [-0.15, -0.1) is 0 Å². The topological polar surface area (TPSA) is 54.3 Å². The van der Waals surface area contributed by atoms with Gasteiger partial charge in [-0.2, -0.15) is 0 Å². The molecule has 0 bridgehead atoms.